The second kappa shape index (κ2) is 7.88. The van der Waals surface area contributed by atoms with Crippen LogP contribution in [0.2, 0.25) is 5.02 Å². The standard InChI is InChI=1S/C19H21ClN2O4S/c1-13-5-2-3-10-22(13)27(25,26)16-7-4-6-14(11-16)19(24)21-17-12-15(20)8-9-18(17)23/h4,6-9,11-13,23H,2-3,5,10H2,1H3,(H,21,24). The van der Waals surface area contributed by atoms with Gasteiger partial charge >= 0.3 is 0 Å². The summed E-state index contributed by atoms with van der Waals surface area (Å²) in [6.07, 6.45) is 2.67. The quantitative estimate of drug-likeness (QED) is 0.752. The Morgan fingerprint density at radius 1 is 1.22 bits per heavy atom. The van der Waals surface area contributed by atoms with Crippen molar-refractivity contribution in [2.45, 2.75) is 37.1 Å². The van der Waals surface area contributed by atoms with Gasteiger partial charge in [-0.2, -0.15) is 4.31 Å². The molecule has 2 aromatic carbocycles. The molecule has 2 N–H and O–H groups in total. The second-order valence-electron chi connectivity index (χ2n) is 6.60. The number of benzene rings is 2. The van der Waals surface area contributed by atoms with Gasteiger partial charge in [-0.1, -0.05) is 24.1 Å². The zero-order valence-corrected chi connectivity index (χ0v) is 16.4. The van der Waals surface area contributed by atoms with Crippen molar-refractivity contribution < 1.29 is 18.3 Å². The van der Waals surface area contributed by atoms with E-state index in [1.165, 1.54) is 46.8 Å². The zero-order chi connectivity index (χ0) is 19.6. The number of phenolic OH excluding ortho intramolecular Hbond substituents is 1. The van der Waals surface area contributed by atoms with Crippen molar-refractivity contribution in [2.75, 3.05) is 11.9 Å². The van der Waals surface area contributed by atoms with Gasteiger partial charge in [-0.15, -0.1) is 0 Å². The van der Waals surface area contributed by atoms with Gasteiger partial charge in [-0.3, -0.25) is 4.79 Å². The van der Waals surface area contributed by atoms with Gasteiger partial charge < -0.3 is 10.4 Å². The average Bonchev–Trinajstić information content (AvgIpc) is 2.65. The van der Waals surface area contributed by atoms with Crippen molar-refractivity contribution in [1.82, 2.24) is 4.31 Å². The van der Waals surface area contributed by atoms with Gasteiger partial charge in [0.05, 0.1) is 10.6 Å². The maximum Gasteiger partial charge on any atom is 0.255 e. The first kappa shape index (κ1) is 19.7. The van der Waals surface area contributed by atoms with Crippen LogP contribution in [0.15, 0.2) is 47.4 Å². The van der Waals surface area contributed by atoms with Crippen molar-refractivity contribution >= 4 is 33.2 Å². The lowest BCUT2D eigenvalue weighted by atomic mass is 10.1. The lowest BCUT2D eigenvalue weighted by Crippen LogP contribution is -2.41. The van der Waals surface area contributed by atoms with E-state index in [0.717, 1.165) is 19.3 Å². The van der Waals surface area contributed by atoms with Crippen molar-refractivity contribution in [3.8, 4) is 5.75 Å². The van der Waals surface area contributed by atoms with Crippen LogP contribution in [-0.4, -0.2) is 36.3 Å². The summed E-state index contributed by atoms with van der Waals surface area (Å²) >= 11 is 5.88. The summed E-state index contributed by atoms with van der Waals surface area (Å²) in [4.78, 5) is 12.6. The van der Waals surface area contributed by atoms with Crippen LogP contribution in [0.5, 0.6) is 5.75 Å². The molecule has 0 bridgehead atoms. The third-order valence-electron chi connectivity index (χ3n) is 4.65. The molecule has 0 aromatic heterocycles. The monoisotopic (exact) mass is 408 g/mol. The molecular weight excluding hydrogens is 388 g/mol. The maximum atomic E-state index is 13.0. The van der Waals surface area contributed by atoms with E-state index in [4.69, 9.17) is 11.6 Å². The summed E-state index contributed by atoms with van der Waals surface area (Å²) in [7, 11) is -3.67. The molecule has 1 unspecified atom stereocenters. The number of amides is 1. The fourth-order valence-corrected chi connectivity index (χ4v) is 5.08. The Kier molecular flexibility index (Phi) is 5.74. The van der Waals surface area contributed by atoms with E-state index in [9.17, 15) is 18.3 Å². The summed E-state index contributed by atoms with van der Waals surface area (Å²) in [5, 5.41) is 12.8. The van der Waals surface area contributed by atoms with Crippen LogP contribution in [0, 0.1) is 0 Å². The molecule has 1 saturated heterocycles. The number of hydrogen-bond acceptors (Lipinski definition) is 4. The summed E-state index contributed by atoms with van der Waals surface area (Å²) in [5.74, 6) is -0.657. The van der Waals surface area contributed by atoms with Crippen LogP contribution in [-0.2, 0) is 10.0 Å². The summed E-state index contributed by atoms with van der Waals surface area (Å²) < 4.78 is 27.4. The van der Waals surface area contributed by atoms with Crippen LogP contribution in [0.25, 0.3) is 0 Å². The number of rotatable bonds is 4. The largest absolute Gasteiger partial charge is 0.506 e. The molecule has 27 heavy (non-hydrogen) atoms. The maximum absolute atomic E-state index is 13.0. The number of nitrogens with zero attached hydrogens (tertiary/aromatic N) is 1. The second-order valence-corrected chi connectivity index (χ2v) is 8.93. The molecule has 0 radical (unpaired) electrons. The molecule has 1 atom stereocenters. The van der Waals surface area contributed by atoms with E-state index in [1.807, 2.05) is 6.92 Å². The normalized spacial score (nSPS) is 18.2. The summed E-state index contributed by atoms with van der Waals surface area (Å²) in [5.41, 5.74) is 0.338. The third kappa shape index (κ3) is 4.26. The van der Waals surface area contributed by atoms with Gasteiger partial charge in [-0.25, -0.2) is 8.42 Å². The van der Waals surface area contributed by atoms with E-state index in [-0.39, 0.29) is 27.9 Å². The SMILES string of the molecule is CC1CCCCN1S(=O)(=O)c1cccc(C(=O)Nc2cc(Cl)ccc2O)c1. The minimum atomic E-state index is -3.67. The summed E-state index contributed by atoms with van der Waals surface area (Å²) in [6, 6.07) is 10.1. The highest BCUT2D eigenvalue weighted by Gasteiger charge is 2.31. The van der Waals surface area contributed by atoms with Gasteiger partial charge in [-0.05, 0) is 56.2 Å². The molecule has 1 aliphatic rings. The van der Waals surface area contributed by atoms with E-state index >= 15 is 0 Å². The highest BCUT2D eigenvalue weighted by atomic mass is 35.5. The Morgan fingerprint density at radius 3 is 2.74 bits per heavy atom. The van der Waals surface area contributed by atoms with Crippen LogP contribution in [0.4, 0.5) is 5.69 Å². The molecule has 1 amide bonds. The number of anilines is 1. The van der Waals surface area contributed by atoms with Gasteiger partial charge in [0.2, 0.25) is 10.0 Å². The minimum Gasteiger partial charge on any atom is -0.506 e. The Hall–Kier alpha value is -2.09. The number of piperidine rings is 1. The molecule has 1 fully saturated rings. The lowest BCUT2D eigenvalue weighted by molar-refractivity contribution is 0.102. The number of sulfonamides is 1. The predicted molar refractivity (Wildman–Crippen MR) is 105 cm³/mol. The molecule has 144 valence electrons. The van der Waals surface area contributed by atoms with Crippen LogP contribution in [0.3, 0.4) is 0 Å². The summed E-state index contributed by atoms with van der Waals surface area (Å²) in [6.45, 7) is 2.38. The van der Waals surface area contributed by atoms with Gasteiger partial charge in [0.15, 0.2) is 0 Å². The molecule has 0 saturated carbocycles. The number of aromatic hydroxyl groups is 1. The number of nitrogens with one attached hydrogen (secondary N) is 1. The van der Waals surface area contributed by atoms with Gasteiger partial charge in [0, 0.05) is 23.2 Å². The fourth-order valence-electron chi connectivity index (χ4n) is 3.16. The number of carbonyl (C=O) groups is 1. The molecular formula is C19H21ClN2O4S. The van der Waals surface area contributed by atoms with Crippen LogP contribution in [0.1, 0.15) is 36.5 Å². The number of carbonyl (C=O) groups excluding carboxylic acids is 1. The topological polar surface area (TPSA) is 86.7 Å². The first-order valence-corrected chi connectivity index (χ1v) is 10.5. The van der Waals surface area contributed by atoms with Crippen molar-refractivity contribution in [2.24, 2.45) is 0 Å². The average molecular weight is 409 g/mol. The zero-order valence-electron chi connectivity index (χ0n) is 14.9. The van der Waals surface area contributed by atoms with Gasteiger partial charge in [0.25, 0.3) is 5.91 Å². The molecule has 2 aromatic rings. The fraction of sp³-hybridized carbons (Fsp3) is 0.316. The number of phenols is 1. The lowest BCUT2D eigenvalue weighted by Gasteiger charge is -2.32. The highest BCUT2D eigenvalue weighted by molar-refractivity contribution is 7.89. The molecule has 0 aliphatic carbocycles. The first-order valence-electron chi connectivity index (χ1n) is 8.71. The molecule has 0 spiro atoms. The Labute approximate surface area is 163 Å². The molecule has 3 rings (SSSR count). The molecule has 1 heterocycles. The smallest absolute Gasteiger partial charge is 0.255 e. The number of halogens is 1. The minimum absolute atomic E-state index is 0.0651. The van der Waals surface area contributed by atoms with Crippen molar-refractivity contribution in [3.05, 3.63) is 53.1 Å². The molecule has 8 heteroatoms. The van der Waals surface area contributed by atoms with Crippen LogP contribution >= 0.6 is 11.6 Å². The van der Waals surface area contributed by atoms with Gasteiger partial charge in [0.1, 0.15) is 5.75 Å². The Morgan fingerprint density at radius 2 is 2.00 bits per heavy atom. The predicted octanol–water partition coefficient (Wildman–Crippen LogP) is 3.86. The van der Waals surface area contributed by atoms with Crippen LogP contribution < -0.4 is 5.32 Å². The van der Waals surface area contributed by atoms with E-state index < -0.39 is 15.9 Å². The molecule has 1 aliphatic heterocycles. The third-order valence-corrected chi connectivity index (χ3v) is 6.90. The number of hydrogen-bond donors (Lipinski definition) is 2. The molecule has 6 nitrogen and oxygen atoms in total. The van der Waals surface area contributed by atoms with Crippen molar-refractivity contribution in [1.29, 1.82) is 0 Å². The van der Waals surface area contributed by atoms with Crippen molar-refractivity contribution in [3.63, 3.8) is 0 Å². The Bertz CT molecular complexity index is 962. The van der Waals surface area contributed by atoms with E-state index in [0.29, 0.717) is 11.6 Å². The van der Waals surface area contributed by atoms with E-state index in [2.05, 4.69) is 5.32 Å². The van der Waals surface area contributed by atoms with E-state index in [1.54, 1.807) is 0 Å². The highest BCUT2D eigenvalue weighted by Crippen LogP contribution is 2.28. The first-order chi connectivity index (χ1) is 12.8. The Balaban J connectivity index is 1.86.